The van der Waals surface area contributed by atoms with Crippen molar-refractivity contribution in [3.05, 3.63) is 54.9 Å². The number of imidazole rings is 1. The second-order valence-electron chi connectivity index (χ2n) is 7.00. The van der Waals surface area contributed by atoms with Crippen LogP contribution in [0.5, 0.6) is 0 Å². The van der Waals surface area contributed by atoms with Crippen LogP contribution in [0, 0.1) is 0 Å². The van der Waals surface area contributed by atoms with Crippen LogP contribution < -0.4 is 21.3 Å². The van der Waals surface area contributed by atoms with Crippen LogP contribution >= 0.6 is 0 Å². The van der Waals surface area contributed by atoms with Crippen molar-refractivity contribution in [3.8, 4) is 11.3 Å². The van der Waals surface area contributed by atoms with Gasteiger partial charge >= 0.3 is 0 Å². The second kappa shape index (κ2) is 6.01. The van der Waals surface area contributed by atoms with Gasteiger partial charge in [0.2, 0.25) is 0 Å². The van der Waals surface area contributed by atoms with Crippen molar-refractivity contribution in [2.45, 2.75) is 12.6 Å². The number of aromatic nitrogens is 6. The summed E-state index contributed by atoms with van der Waals surface area (Å²) in [5, 5.41) is 9.69. The molecule has 4 aromatic heterocycles. The number of hydrogen-bond acceptors (Lipinski definition) is 8. The molecule has 0 saturated carbocycles. The summed E-state index contributed by atoms with van der Waals surface area (Å²) in [4.78, 5) is 13.6. The fourth-order valence-corrected chi connectivity index (χ4v) is 3.46. The van der Waals surface area contributed by atoms with Gasteiger partial charge in [-0.15, -0.1) is 5.53 Å². The number of nitrogens with zero attached hydrogens (tertiary/aromatic N) is 7. The molecule has 28 heavy (non-hydrogen) atoms. The molecule has 140 valence electrons. The molecule has 1 fully saturated rings. The van der Waals surface area contributed by atoms with Crippen molar-refractivity contribution in [2.75, 3.05) is 23.5 Å². The SMILES string of the molecule is c1cn2cc(CN3NNc4ncc(-c5cnn(C6CNC6)c5)nc43)ccc2n1. The first-order chi connectivity index (χ1) is 13.8. The highest BCUT2D eigenvalue weighted by Gasteiger charge is 2.24. The number of pyridine rings is 1. The molecule has 0 unspecified atom stereocenters. The summed E-state index contributed by atoms with van der Waals surface area (Å²) < 4.78 is 4.00. The Bertz CT molecular complexity index is 1160. The normalized spacial score (nSPS) is 16.2. The van der Waals surface area contributed by atoms with Gasteiger partial charge < -0.3 is 9.72 Å². The fraction of sp³-hybridized carbons (Fsp3) is 0.222. The summed E-state index contributed by atoms with van der Waals surface area (Å²) in [6.07, 6.45) is 11.5. The largest absolute Gasteiger partial charge is 0.312 e. The molecule has 6 heterocycles. The first kappa shape index (κ1) is 15.5. The topological polar surface area (TPSA) is 100 Å². The number of fused-ring (bicyclic) bond motifs is 2. The molecule has 0 bridgehead atoms. The van der Waals surface area contributed by atoms with Gasteiger partial charge in [0, 0.05) is 43.4 Å². The monoisotopic (exact) mass is 374 g/mol. The van der Waals surface area contributed by atoms with Crippen LogP contribution in [0.1, 0.15) is 11.6 Å². The van der Waals surface area contributed by atoms with Crippen molar-refractivity contribution in [1.29, 1.82) is 0 Å². The zero-order chi connectivity index (χ0) is 18.5. The van der Waals surface area contributed by atoms with Crippen LogP contribution in [-0.2, 0) is 6.54 Å². The average Bonchev–Trinajstić information content (AvgIpc) is 3.40. The standard InChI is InChI=1S/C18H18N10/c1-2-16-20-3-4-26(16)9-12(1)10-28-18-17(24-25-28)21-8-15(23-18)13-5-22-27(11-13)14-6-19-7-14/h1-5,8-9,11,14,19,25H,6-7,10H2,(H,21,24). The van der Waals surface area contributed by atoms with Gasteiger partial charge in [0.25, 0.3) is 0 Å². The molecular formula is C18H18N10. The zero-order valence-electron chi connectivity index (χ0n) is 14.9. The molecule has 3 N–H and O–H groups in total. The Morgan fingerprint density at radius 3 is 2.96 bits per heavy atom. The van der Waals surface area contributed by atoms with Crippen molar-refractivity contribution in [2.24, 2.45) is 0 Å². The number of anilines is 2. The summed E-state index contributed by atoms with van der Waals surface area (Å²) >= 11 is 0. The molecule has 0 radical (unpaired) electrons. The Hall–Kier alpha value is -3.50. The number of hydrazine groups is 2. The Labute approximate surface area is 160 Å². The highest BCUT2D eigenvalue weighted by Crippen LogP contribution is 2.29. The lowest BCUT2D eigenvalue weighted by Crippen LogP contribution is -2.43. The molecule has 1 saturated heterocycles. The average molecular weight is 374 g/mol. The van der Waals surface area contributed by atoms with Gasteiger partial charge in [-0.05, 0) is 11.6 Å². The van der Waals surface area contributed by atoms with Crippen LogP contribution in [0.2, 0.25) is 0 Å². The number of nitrogens with one attached hydrogen (secondary N) is 3. The quantitative estimate of drug-likeness (QED) is 0.486. The third kappa shape index (κ3) is 2.50. The smallest absolute Gasteiger partial charge is 0.190 e. The number of hydrogen-bond donors (Lipinski definition) is 3. The molecule has 2 aliphatic heterocycles. The van der Waals surface area contributed by atoms with Crippen molar-refractivity contribution < 1.29 is 0 Å². The van der Waals surface area contributed by atoms with Crippen LogP contribution in [0.25, 0.3) is 16.9 Å². The number of rotatable bonds is 4. The molecule has 10 heteroatoms. The van der Waals surface area contributed by atoms with Crippen LogP contribution in [0.3, 0.4) is 0 Å². The lowest BCUT2D eigenvalue weighted by molar-refractivity contribution is 0.318. The van der Waals surface area contributed by atoms with Crippen molar-refractivity contribution in [3.63, 3.8) is 0 Å². The van der Waals surface area contributed by atoms with Gasteiger partial charge in [0.1, 0.15) is 5.65 Å². The van der Waals surface area contributed by atoms with E-state index in [4.69, 9.17) is 4.98 Å². The summed E-state index contributed by atoms with van der Waals surface area (Å²) in [7, 11) is 0. The lowest BCUT2D eigenvalue weighted by Gasteiger charge is -2.27. The summed E-state index contributed by atoms with van der Waals surface area (Å²) in [6.45, 7) is 2.55. The first-order valence-electron chi connectivity index (χ1n) is 9.16. The Morgan fingerprint density at radius 1 is 1.11 bits per heavy atom. The Morgan fingerprint density at radius 2 is 2.07 bits per heavy atom. The molecule has 0 atom stereocenters. The van der Waals surface area contributed by atoms with E-state index < -0.39 is 0 Å². The van der Waals surface area contributed by atoms with Gasteiger partial charge in [-0.3, -0.25) is 15.1 Å². The maximum Gasteiger partial charge on any atom is 0.190 e. The van der Waals surface area contributed by atoms with E-state index in [0.29, 0.717) is 18.4 Å². The van der Waals surface area contributed by atoms with E-state index in [2.05, 4.69) is 43.6 Å². The summed E-state index contributed by atoms with van der Waals surface area (Å²) in [5.41, 5.74) is 10.0. The second-order valence-corrected chi connectivity index (χ2v) is 7.00. The molecule has 0 aromatic carbocycles. The van der Waals surface area contributed by atoms with Gasteiger partial charge in [0.15, 0.2) is 11.6 Å². The molecule has 0 amide bonds. The molecule has 0 aliphatic carbocycles. The van der Waals surface area contributed by atoms with E-state index in [1.165, 1.54) is 0 Å². The predicted octanol–water partition coefficient (Wildman–Crippen LogP) is 0.984. The van der Waals surface area contributed by atoms with E-state index in [0.717, 1.165) is 41.4 Å². The highest BCUT2D eigenvalue weighted by atomic mass is 15.7. The van der Waals surface area contributed by atoms with E-state index in [1.54, 1.807) is 12.4 Å². The van der Waals surface area contributed by atoms with Crippen LogP contribution in [0.4, 0.5) is 11.6 Å². The van der Waals surface area contributed by atoms with Crippen molar-refractivity contribution in [1.82, 2.24) is 40.0 Å². The van der Waals surface area contributed by atoms with E-state index in [9.17, 15) is 0 Å². The molecule has 6 rings (SSSR count). The van der Waals surface area contributed by atoms with Crippen molar-refractivity contribution >= 4 is 17.3 Å². The zero-order valence-corrected chi connectivity index (χ0v) is 14.9. The van der Waals surface area contributed by atoms with Gasteiger partial charge in [-0.2, -0.15) is 5.10 Å². The minimum atomic E-state index is 0.425. The third-order valence-corrected chi connectivity index (χ3v) is 5.14. The lowest BCUT2D eigenvalue weighted by atomic mass is 10.2. The van der Waals surface area contributed by atoms with Gasteiger partial charge in [0.05, 0.1) is 30.7 Å². The van der Waals surface area contributed by atoms with Gasteiger partial charge in [-0.1, -0.05) is 6.07 Å². The molecule has 2 aliphatic rings. The molecular weight excluding hydrogens is 356 g/mol. The maximum absolute atomic E-state index is 4.82. The minimum absolute atomic E-state index is 0.425. The predicted molar refractivity (Wildman–Crippen MR) is 103 cm³/mol. The minimum Gasteiger partial charge on any atom is -0.312 e. The third-order valence-electron chi connectivity index (χ3n) is 5.14. The summed E-state index contributed by atoms with van der Waals surface area (Å²) in [5.74, 6) is 1.48. The highest BCUT2D eigenvalue weighted by molar-refractivity contribution is 5.69. The summed E-state index contributed by atoms with van der Waals surface area (Å²) in [6, 6.07) is 4.50. The molecule has 4 aromatic rings. The van der Waals surface area contributed by atoms with E-state index >= 15 is 0 Å². The fourth-order valence-electron chi connectivity index (χ4n) is 3.46. The Balaban J connectivity index is 1.28. The van der Waals surface area contributed by atoms with Crippen LogP contribution in [0.15, 0.2) is 49.3 Å². The van der Waals surface area contributed by atoms with Gasteiger partial charge in [-0.25, -0.2) is 15.0 Å². The molecule has 10 nitrogen and oxygen atoms in total. The van der Waals surface area contributed by atoms with Crippen LogP contribution in [-0.4, -0.2) is 42.2 Å². The maximum atomic E-state index is 4.82. The van der Waals surface area contributed by atoms with E-state index in [1.807, 2.05) is 38.7 Å². The Kier molecular flexibility index (Phi) is 3.34. The molecule has 0 spiro atoms. The van der Waals surface area contributed by atoms with E-state index in [-0.39, 0.29) is 0 Å². The first-order valence-corrected chi connectivity index (χ1v) is 9.16.